The molecule has 2 amide bonds. The van der Waals surface area contributed by atoms with Gasteiger partial charge < -0.3 is 19.9 Å². The number of nitrogens with one attached hydrogen (secondary N) is 2. The molecule has 2 aromatic rings. The number of amides is 2. The van der Waals surface area contributed by atoms with Crippen LogP contribution in [0.25, 0.3) is 5.69 Å². The minimum atomic E-state index is -0.564. The molecule has 0 aliphatic carbocycles. The molecule has 6 nitrogen and oxygen atoms in total. The van der Waals surface area contributed by atoms with Crippen molar-refractivity contribution in [3.05, 3.63) is 53.1 Å². The second-order valence-corrected chi connectivity index (χ2v) is 7.28. The van der Waals surface area contributed by atoms with E-state index in [2.05, 4.69) is 10.6 Å². The molecule has 0 bridgehead atoms. The zero-order valence-corrected chi connectivity index (χ0v) is 16.4. The van der Waals surface area contributed by atoms with E-state index in [1.807, 2.05) is 18.4 Å². The van der Waals surface area contributed by atoms with Gasteiger partial charge in [-0.2, -0.15) is 0 Å². The van der Waals surface area contributed by atoms with Crippen molar-refractivity contribution in [3.63, 3.8) is 0 Å². The summed E-state index contributed by atoms with van der Waals surface area (Å²) in [7, 11) is 0. The highest BCUT2D eigenvalue weighted by molar-refractivity contribution is 5.95. The number of carbonyl (C=O) groups is 2. The average Bonchev–Trinajstić information content (AvgIpc) is 2.85. The summed E-state index contributed by atoms with van der Waals surface area (Å²) in [5, 5.41) is 5.37. The third-order valence-electron chi connectivity index (χ3n) is 3.84. The number of benzene rings is 1. The van der Waals surface area contributed by atoms with Gasteiger partial charge in [0.15, 0.2) is 0 Å². The van der Waals surface area contributed by atoms with Crippen LogP contribution >= 0.6 is 0 Å². The molecule has 1 aromatic heterocycles. The van der Waals surface area contributed by atoms with Crippen LogP contribution in [0.2, 0.25) is 0 Å². The van der Waals surface area contributed by atoms with Crippen LogP contribution in [0.5, 0.6) is 0 Å². The predicted molar refractivity (Wildman–Crippen MR) is 102 cm³/mol. The number of nitrogens with zero attached hydrogens (tertiary/aromatic N) is 1. The normalized spacial score (nSPS) is 11.2. The summed E-state index contributed by atoms with van der Waals surface area (Å²) in [6.07, 6.45) is -0.522. The summed E-state index contributed by atoms with van der Waals surface area (Å²) in [5.41, 5.74) is 2.39. The van der Waals surface area contributed by atoms with Crippen LogP contribution in [0, 0.1) is 19.7 Å². The molecule has 0 radical (unpaired) electrons. The van der Waals surface area contributed by atoms with Crippen LogP contribution in [0.15, 0.2) is 30.3 Å². The number of ether oxygens (including phenoxy) is 1. The average molecular weight is 375 g/mol. The minimum absolute atomic E-state index is 0.234. The number of rotatable bonds is 5. The molecule has 0 aliphatic heterocycles. The third-order valence-corrected chi connectivity index (χ3v) is 3.84. The highest BCUT2D eigenvalue weighted by atomic mass is 19.1. The first-order valence-corrected chi connectivity index (χ1v) is 8.78. The monoisotopic (exact) mass is 375 g/mol. The lowest BCUT2D eigenvalue weighted by Gasteiger charge is -2.19. The number of aryl methyl sites for hydroxylation is 1. The molecular formula is C20H26FN3O3. The topological polar surface area (TPSA) is 72.4 Å². The number of hydrogen-bond donors (Lipinski definition) is 2. The molecule has 2 N–H and O–H groups in total. The second-order valence-electron chi connectivity index (χ2n) is 7.28. The maximum atomic E-state index is 13.1. The summed E-state index contributed by atoms with van der Waals surface area (Å²) < 4.78 is 20.2. The number of carbonyl (C=O) groups excluding carboxylic acids is 2. The number of halogens is 1. The highest BCUT2D eigenvalue weighted by Gasteiger charge is 2.17. The zero-order valence-electron chi connectivity index (χ0n) is 16.4. The molecule has 0 saturated heterocycles. The molecule has 146 valence electrons. The Balaban J connectivity index is 1.96. The molecule has 0 fully saturated rings. The summed E-state index contributed by atoms with van der Waals surface area (Å²) in [6.45, 7) is 9.61. The Morgan fingerprint density at radius 3 is 2.26 bits per heavy atom. The first-order valence-electron chi connectivity index (χ1n) is 8.78. The van der Waals surface area contributed by atoms with Crippen LogP contribution in [0.3, 0.4) is 0 Å². The first kappa shape index (κ1) is 20.5. The van der Waals surface area contributed by atoms with Crippen molar-refractivity contribution in [3.8, 4) is 5.69 Å². The van der Waals surface area contributed by atoms with Crippen LogP contribution in [0.4, 0.5) is 9.18 Å². The lowest BCUT2D eigenvalue weighted by Crippen LogP contribution is -2.37. The van der Waals surface area contributed by atoms with Crippen molar-refractivity contribution in [1.29, 1.82) is 0 Å². The summed E-state index contributed by atoms with van der Waals surface area (Å²) in [4.78, 5) is 24.0. The van der Waals surface area contributed by atoms with E-state index >= 15 is 0 Å². The van der Waals surface area contributed by atoms with Crippen LogP contribution in [-0.2, 0) is 4.74 Å². The molecule has 1 heterocycles. The van der Waals surface area contributed by atoms with Gasteiger partial charge in [0.2, 0.25) is 0 Å². The van der Waals surface area contributed by atoms with E-state index in [1.54, 1.807) is 39.0 Å². The Bertz CT molecular complexity index is 820. The molecule has 1 aromatic carbocycles. The predicted octanol–water partition coefficient (Wildman–Crippen LogP) is 3.49. The van der Waals surface area contributed by atoms with Crippen LogP contribution < -0.4 is 10.6 Å². The van der Waals surface area contributed by atoms with E-state index in [9.17, 15) is 14.0 Å². The Kier molecular flexibility index (Phi) is 6.25. The maximum absolute atomic E-state index is 13.1. The summed E-state index contributed by atoms with van der Waals surface area (Å²) in [6, 6.07) is 7.89. The lowest BCUT2D eigenvalue weighted by atomic mass is 10.2. The molecule has 7 heteroatoms. The van der Waals surface area contributed by atoms with E-state index < -0.39 is 11.7 Å². The first-order chi connectivity index (χ1) is 12.6. The van der Waals surface area contributed by atoms with Crippen LogP contribution in [0.1, 0.15) is 42.5 Å². The minimum Gasteiger partial charge on any atom is -0.444 e. The van der Waals surface area contributed by atoms with Crippen molar-refractivity contribution >= 4 is 12.0 Å². The van der Waals surface area contributed by atoms with Gasteiger partial charge >= 0.3 is 6.09 Å². The van der Waals surface area contributed by atoms with E-state index in [-0.39, 0.29) is 24.8 Å². The number of aromatic nitrogens is 1. The smallest absolute Gasteiger partial charge is 0.407 e. The molecule has 0 saturated carbocycles. The van der Waals surface area contributed by atoms with Gasteiger partial charge in [-0.15, -0.1) is 0 Å². The Hall–Kier alpha value is -2.83. The molecule has 0 spiro atoms. The fourth-order valence-electron chi connectivity index (χ4n) is 2.73. The van der Waals surface area contributed by atoms with Crippen molar-refractivity contribution in [2.45, 2.75) is 40.2 Å². The van der Waals surface area contributed by atoms with E-state index in [0.717, 1.165) is 17.1 Å². The summed E-state index contributed by atoms with van der Waals surface area (Å²) >= 11 is 0. The largest absolute Gasteiger partial charge is 0.444 e. The summed E-state index contributed by atoms with van der Waals surface area (Å²) in [5.74, 6) is -0.542. The van der Waals surface area contributed by atoms with Gasteiger partial charge in [-0.3, -0.25) is 4.79 Å². The van der Waals surface area contributed by atoms with Gasteiger partial charge in [-0.05, 0) is 65.0 Å². The molecule has 0 unspecified atom stereocenters. The van der Waals surface area contributed by atoms with Crippen LogP contribution in [-0.4, -0.2) is 35.3 Å². The Morgan fingerprint density at radius 1 is 1.07 bits per heavy atom. The van der Waals surface area contributed by atoms with Crippen molar-refractivity contribution in [2.75, 3.05) is 13.1 Å². The van der Waals surface area contributed by atoms with Crippen molar-refractivity contribution < 1.29 is 18.7 Å². The third kappa shape index (κ3) is 5.57. The van der Waals surface area contributed by atoms with E-state index in [0.29, 0.717) is 5.56 Å². The van der Waals surface area contributed by atoms with Crippen molar-refractivity contribution in [2.24, 2.45) is 0 Å². The van der Waals surface area contributed by atoms with Gasteiger partial charge in [-0.1, -0.05) is 0 Å². The van der Waals surface area contributed by atoms with Crippen molar-refractivity contribution in [1.82, 2.24) is 15.2 Å². The van der Waals surface area contributed by atoms with Gasteiger partial charge in [0.05, 0.1) is 5.56 Å². The molecular weight excluding hydrogens is 349 g/mol. The maximum Gasteiger partial charge on any atom is 0.407 e. The standard InChI is InChI=1S/C20H26FN3O3/c1-13-12-17(14(2)24(13)16-8-6-15(21)7-9-16)18(25)22-10-11-23-19(26)27-20(3,4)5/h6-9,12H,10-11H2,1-5H3,(H,22,25)(H,23,26). The zero-order chi connectivity index (χ0) is 20.2. The quantitative estimate of drug-likeness (QED) is 0.786. The molecule has 0 aliphatic rings. The molecule has 0 atom stereocenters. The second kappa shape index (κ2) is 8.24. The lowest BCUT2D eigenvalue weighted by molar-refractivity contribution is 0.0526. The van der Waals surface area contributed by atoms with E-state index in [1.165, 1.54) is 12.1 Å². The molecule has 2 rings (SSSR count). The number of hydrogen-bond acceptors (Lipinski definition) is 3. The van der Waals surface area contributed by atoms with Gasteiger partial charge in [0, 0.05) is 30.2 Å². The SMILES string of the molecule is Cc1cc(C(=O)NCCNC(=O)OC(C)(C)C)c(C)n1-c1ccc(F)cc1. The fraction of sp³-hybridized carbons (Fsp3) is 0.400. The van der Waals surface area contributed by atoms with Gasteiger partial charge in [-0.25, -0.2) is 9.18 Å². The van der Waals surface area contributed by atoms with E-state index in [4.69, 9.17) is 4.74 Å². The Morgan fingerprint density at radius 2 is 1.67 bits per heavy atom. The highest BCUT2D eigenvalue weighted by Crippen LogP contribution is 2.21. The Labute approximate surface area is 158 Å². The van der Waals surface area contributed by atoms with Gasteiger partial charge in [0.25, 0.3) is 5.91 Å². The van der Waals surface area contributed by atoms with Gasteiger partial charge in [0.1, 0.15) is 11.4 Å². The fourth-order valence-corrected chi connectivity index (χ4v) is 2.73. The molecule has 27 heavy (non-hydrogen) atoms. The number of alkyl carbamates (subject to hydrolysis) is 1.